The number of carbonyl (C=O) groups excluding carboxylic acids is 2. The Morgan fingerprint density at radius 3 is 2.19 bits per heavy atom. The highest BCUT2D eigenvalue weighted by Gasteiger charge is 2.14. The van der Waals surface area contributed by atoms with Gasteiger partial charge in [0.05, 0.1) is 6.10 Å². The van der Waals surface area contributed by atoms with Gasteiger partial charge in [-0.3, -0.25) is 9.59 Å². The summed E-state index contributed by atoms with van der Waals surface area (Å²) in [6.45, 7) is 6.96. The molecule has 5 nitrogen and oxygen atoms in total. The van der Waals surface area contributed by atoms with Crippen LogP contribution in [0.5, 0.6) is 0 Å². The molecular weight excluding hydrogens is 268 g/mol. The maximum Gasteiger partial charge on any atom is 0.243 e. The Labute approximate surface area is 128 Å². The highest BCUT2D eigenvalue weighted by Crippen LogP contribution is 2.16. The van der Waals surface area contributed by atoms with Crippen LogP contribution in [0, 0.1) is 5.92 Å². The second-order valence-corrected chi connectivity index (χ2v) is 5.09. The van der Waals surface area contributed by atoms with Crippen LogP contribution in [-0.2, 0) is 14.3 Å². The van der Waals surface area contributed by atoms with E-state index >= 15 is 0 Å². The summed E-state index contributed by atoms with van der Waals surface area (Å²) in [6, 6.07) is 0. The third-order valence-corrected chi connectivity index (χ3v) is 3.43. The van der Waals surface area contributed by atoms with E-state index in [4.69, 9.17) is 4.74 Å². The fourth-order valence-electron chi connectivity index (χ4n) is 2.16. The molecule has 0 aliphatic carbocycles. The van der Waals surface area contributed by atoms with Gasteiger partial charge in [0.1, 0.15) is 0 Å². The smallest absolute Gasteiger partial charge is 0.243 e. The molecule has 0 aromatic rings. The molecule has 0 saturated heterocycles. The minimum atomic E-state index is -0.0704. The summed E-state index contributed by atoms with van der Waals surface area (Å²) >= 11 is 0. The minimum absolute atomic E-state index is 0.0174. The second-order valence-electron chi connectivity index (χ2n) is 5.09. The van der Waals surface area contributed by atoms with Crippen molar-refractivity contribution in [2.24, 2.45) is 5.92 Å². The number of carbonyl (C=O) groups is 2. The lowest BCUT2D eigenvalue weighted by Crippen LogP contribution is -2.25. The second kappa shape index (κ2) is 12.4. The van der Waals surface area contributed by atoms with Gasteiger partial charge in [-0.05, 0) is 31.8 Å². The van der Waals surface area contributed by atoms with Gasteiger partial charge < -0.3 is 15.4 Å². The number of hydrogen-bond donors (Lipinski definition) is 2. The van der Waals surface area contributed by atoms with E-state index < -0.39 is 0 Å². The van der Waals surface area contributed by atoms with Crippen molar-refractivity contribution in [3.05, 3.63) is 12.2 Å². The molecule has 2 N–H and O–H groups in total. The minimum Gasteiger partial charge on any atom is -0.381 e. The van der Waals surface area contributed by atoms with Crippen molar-refractivity contribution < 1.29 is 14.3 Å². The van der Waals surface area contributed by atoms with Crippen molar-refractivity contribution in [1.29, 1.82) is 0 Å². The number of rotatable bonds is 11. The van der Waals surface area contributed by atoms with Crippen LogP contribution in [-0.4, -0.2) is 38.1 Å². The SMILES string of the molecule is CCC(/C=C/C(=O)NCCCCNC(C)=O)C(CC)OC. The Kier molecular flexibility index (Phi) is 11.6. The lowest BCUT2D eigenvalue weighted by molar-refractivity contribution is -0.119. The molecule has 21 heavy (non-hydrogen) atoms. The van der Waals surface area contributed by atoms with Crippen LogP contribution >= 0.6 is 0 Å². The van der Waals surface area contributed by atoms with E-state index in [0.717, 1.165) is 25.7 Å². The Bertz CT molecular complexity index is 325. The van der Waals surface area contributed by atoms with Gasteiger partial charge in [0, 0.05) is 33.0 Å². The number of unbranched alkanes of at least 4 members (excludes halogenated alkanes) is 1. The summed E-state index contributed by atoms with van der Waals surface area (Å²) in [4.78, 5) is 22.4. The van der Waals surface area contributed by atoms with Crippen molar-refractivity contribution in [2.45, 2.75) is 52.6 Å². The summed E-state index contributed by atoms with van der Waals surface area (Å²) < 4.78 is 5.41. The average Bonchev–Trinajstić information content (AvgIpc) is 2.46. The van der Waals surface area contributed by atoms with E-state index in [1.165, 1.54) is 6.92 Å². The topological polar surface area (TPSA) is 67.4 Å². The number of methoxy groups -OCH3 is 1. The van der Waals surface area contributed by atoms with Crippen LogP contribution in [0.2, 0.25) is 0 Å². The van der Waals surface area contributed by atoms with E-state index in [0.29, 0.717) is 13.1 Å². The monoisotopic (exact) mass is 298 g/mol. The highest BCUT2D eigenvalue weighted by molar-refractivity contribution is 5.87. The number of hydrogen-bond acceptors (Lipinski definition) is 3. The molecule has 0 heterocycles. The Morgan fingerprint density at radius 2 is 1.71 bits per heavy atom. The maximum atomic E-state index is 11.7. The van der Waals surface area contributed by atoms with Crippen molar-refractivity contribution in [2.75, 3.05) is 20.2 Å². The molecule has 2 atom stereocenters. The van der Waals surface area contributed by atoms with E-state index in [1.807, 2.05) is 6.08 Å². The quantitative estimate of drug-likeness (QED) is 0.453. The molecule has 5 heteroatoms. The van der Waals surface area contributed by atoms with Gasteiger partial charge in [-0.2, -0.15) is 0 Å². The van der Waals surface area contributed by atoms with E-state index in [2.05, 4.69) is 24.5 Å². The number of nitrogens with one attached hydrogen (secondary N) is 2. The van der Waals surface area contributed by atoms with Crippen molar-refractivity contribution >= 4 is 11.8 Å². The molecule has 0 fully saturated rings. The standard InChI is InChI=1S/C16H30N2O3/c1-5-14(15(6-2)21-4)9-10-16(20)18-12-8-7-11-17-13(3)19/h9-10,14-15H,5-8,11-12H2,1-4H3,(H,17,19)(H,18,20)/b10-9+. The molecule has 0 radical (unpaired) electrons. The molecule has 0 aromatic heterocycles. The summed E-state index contributed by atoms with van der Waals surface area (Å²) in [5.41, 5.74) is 0. The molecular formula is C16H30N2O3. The lowest BCUT2D eigenvalue weighted by atomic mass is 9.97. The van der Waals surface area contributed by atoms with Crippen molar-refractivity contribution in [1.82, 2.24) is 10.6 Å². The van der Waals surface area contributed by atoms with Gasteiger partial charge in [-0.15, -0.1) is 0 Å². The molecule has 0 bridgehead atoms. The van der Waals surface area contributed by atoms with Gasteiger partial charge in [-0.25, -0.2) is 0 Å². The summed E-state index contributed by atoms with van der Waals surface area (Å²) in [6.07, 6.45) is 7.30. The van der Waals surface area contributed by atoms with Crippen LogP contribution in [0.1, 0.15) is 46.5 Å². The maximum absolute atomic E-state index is 11.7. The van der Waals surface area contributed by atoms with Gasteiger partial charge in [0.15, 0.2) is 0 Å². The molecule has 0 aliphatic heterocycles. The first kappa shape index (κ1) is 19.6. The predicted molar refractivity (Wildman–Crippen MR) is 84.9 cm³/mol. The first-order chi connectivity index (χ1) is 10.0. The molecule has 2 unspecified atom stereocenters. The number of amides is 2. The first-order valence-corrected chi connectivity index (χ1v) is 7.78. The zero-order valence-electron chi connectivity index (χ0n) is 13.8. The molecule has 122 valence electrons. The zero-order chi connectivity index (χ0) is 16.1. The highest BCUT2D eigenvalue weighted by atomic mass is 16.5. The van der Waals surface area contributed by atoms with Crippen LogP contribution in [0.3, 0.4) is 0 Å². The Morgan fingerprint density at radius 1 is 1.10 bits per heavy atom. The third-order valence-electron chi connectivity index (χ3n) is 3.43. The summed E-state index contributed by atoms with van der Waals surface area (Å²) in [5, 5.41) is 5.57. The number of ether oxygens (including phenoxy) is 1. The molecule has 0 aliphatic rings. The van der Waals surface area contributed by atoms with Crippen LogP contribution in [0.15, 0.2) is 12.2 Å². The van der Waals surface area contributed by atoms with Gasteiger partial charge in [0.2, 0.25) is 11.8 Å². The van der Waals surface area contributed by atoms with E-state index in [1.54, 1.807) is 13.2 Å². The van der Waals surface area contributed by atoms with Gasteiger partial charge in [-0.1, -0.05) is 19.9 Å². The van der Waals surface area contributed by atoms with Crippen LogP contribution in [0.4, 0.5) is 0 Å². The summed E-state index contributed by atoms with van der Waals surface area (Å²) in [7, 11) is 1.71. The zero-order valence-corrected chi connectivity index (χ0v) is 13.8. The molecule has 2 amide bonds. The van der Waals surface area contributed by atoms with Crippen molar-refractivity contribution in [3.63, 3.8) is 0 Å². The largest absolute Gasteiger partial charge is 0.381 e. The normalized spacial score (nSPS) is 13.9. The van der Waals surface area contributed by atoms with Crippen LogP contribution in [0.25, 0.3) is 0 Å². The fourth-order valence-corrected chi connectivity index (χ4v) is 2.16. The van der Waals surface area contributed by atoms with Crippen LogP contribution < -0.4 is 10.6 Å². The Balaban J connectivity index is 3.90. The Hall–Kier alpha value is -1.36. The lowest BCUT2D eigenvalue weighted by Gasteiger charge is -2.20. The van der Waals surface area contributed by atoms with Crippen molar-refractivity contribution in [3.8, 4) is 0 Å². The third kappa shape index (κ3) is 10.1. The molecule has 0 rings (SSSR count). The fraction of sp³-hybridized carbons (Fsp3) is 0.750. The van der Waals surface area contributed by atoms with Gasteiger partial charge in [0.25, 0.3) is 0 Å². The average molecular weight is 298 g/mol. The van der Waals surface area contributed by atoms with E-state index in [-0.39, 0.29) is 23.8 Å². The van der Waals surface area contributed by atoms with E-state index in [9.17, 15) is 9.59 Å². The molecule has 0 aromatic carbocycles. The predicted octanol–water partition coefficient (Wildman–Crippen LogP) is 2.03. The van der Waals surface area contributed by atoms with Gasteiger partial charge >= 0.3 is 0 Å². The molecule has 0 spiro atoms. The first-order valence-electron chi connectivity index (χ1n) is 7.78. The summed E-state index contributed by atoms with van der Waals surface area (Å²) in [5.74, 6) is 0.181. The molecule has 0 saturated carbocycles.